The number of fused-ring (bicyclic) bond motifs is 2. The number of carbonyl (C=O) groups is 1. The Morgan fingerprint density at radius 3 is 1.79 bits per heavy atom. The van der Waals surface area contributed by atoms with Crippen molar-refractivity contribution in [3.63, 3.8) is 0 Å². The molecule has 2 N–H and O–H groups in total. The van der Waals surface area contributed by atoms with Gasteiger partial charge in [0.2, 0.25) is 11.4 Å². The molecule has 6 atom stereocenters. The first-order chi connectivity index (χ1) is 39.7. The standard InChI is InChI=1S/C31H50BFN2O6SSi.C22H20F2N4OS.C8H4FIN2.2CH4/c1-27(2,3)39-26(36)35(20-38-15-16-43(10,11)12)25-34-30(8,24-18-31(24,42-25)19-37-9)22-17-21(13-14-23(22)33)32-40-28(4,5)29(6,7)41-32;1-21(19-10-22(19,12-29-3)30-20(25)28-21)15-8-13(4-6-16(15)23)9-17(24)18-7-5-14(26-2)11-27-18;1-11-6-2-3-8(12-5-6)7(9)4-10;;/h13-14,17,24H,15-16,18-20H2,1-12H3;4-9,11,19H,10,12H2,1,3H3,(H2,25,28);2-5H;2*1H4/b;17-9-;7-4-;;/t24-,30+,31+;19-,21+,22+;;;/m00.../s1. The molecule has 15 nitrogen and oxygen atoms in total. The van der Waals surface area contributed by atoms with E-state index in [9.17, 15) is 18.0 Å². The first-order valence-electron chi connectivity index (χ1n) is 27.6. The second kappa shape index (κ2) is 28.3. The van der Waals surface area contributed by atoms with E-state index >= 15 is 4.39 Å². The van der Waals surface area contributed by atoms with E-state index in [0.717, 1.165) is 24.3 Å². The maximum absolute atomic E-state index is 15.8. The van der Waals surface area contributed by atoms with Gasteiger partial charge in [0.25, 0.3) is 0 Å². The second-order valence-corrected chi connectivity index (χ2v) is 34.2. The van der Waals surface area contributed by atoms with Crippen molar-refractivity contribution in [2.24, 2.45) is 27.6 Å². The van der Waals surface area contributed by atoms with E-state index < -0.39 is 60.8 Å². The molecule has 0 bridgehead atoms. The van der Waals surface area contributed by atoms with Gasteiger partial charge >= 0.3 is 13.2 Å². The largest absolute Gasteiger partial charge is 0.494 e. The minimum atomic E-state index is -1.34. The molecule has 87 heavy (non-hydrogen) atoms. The van der Waals surface area contributed by atoms with Gasteiger partial charge in [0.15, 0.2) is 16.2 Å². The number of hydrogen-bond donors (Lipinski definition) is 1. The number of nitrogens with two attached hydrogens (primary N) is 1. The van der Waals surface area contributed by atoms with Gasteiger partial charge in [-0.2, -0.15) is 0 Å². The number of nitrogens with zero attached hydrogens (tertiary/aromatic N) is 7. The number of hydrogen-bond acceptors (Lipinski definition) is 14. The number of amides is 1. The van der Waals surface area contributed by atoms with Crippen molar-refractivity contribution < 1.29 is 50.6 Å². The molecule has 3 fully saturated rings. The number of ether oxygens (including phenoxy) is 4. The molecule has 0 radical (unpaired) electrons. The summed E-state index contributed by atoms with van der Waals surface area (Å²) in [4.78, 5) is 38.9. The zero-order valence-corrected chi connectivity index (χ0v) is 55.3. The Labute approximate surface area is 535 Å². The predicted octanol–water partition coefficient (Wildman–Crippen LogP) is 15.9. The second-order valence-electron chi connectivity index (χ2n) is 25.2. The zero-order chi connectivity index (χ0) is 62.7. The first-order valence-corrected chi connectivity index (χ1v) is 34.2. The van der Waals surface area contributed by atoms with Gasteiger partial charge in [0.05, 0.1) is 69.5 Å². The van der Waals surface area contributed by atoms with Gasteiger partial charge in [-0.05, 0) is 151 Å². The molecular weight excluding hydrogens is 1290 g/mol. The highest BCUT2D eigenvalue weighted by Gasteiger charge is 2.68. The van der Waals surface area contributed by atoms with Crippen molar-refractivity contribution in [3.8, 4) is 0 Å². The van der Waals surface area contributed by atoms with Crippen molar-refractivity contribution in [3.05, 3.63) is 140 Å². The lowest BCUT2D eigenvalue weighted by atomic mass is 9.75. The van der Waals surface area contributed by atoms with Gasteiger partial charge in [-0.15, -0.1) is 0 Å². The molecule has 5 heterocycles. The Bertz CT molecular complexity index is 3320. The Kier molecular flexibility index (Phi) is 23.6. The number of amidine groups is 2. The monoisotopic (exact) mass is 1370 g/mol. The molecule has 24 heteroatoms. The predicted molar refractivity (Wildman–Crippen MR) is 356 cm³/mol. The van der Waals surface area contributed by atoms with Crippen LogP contribution in [0.15, 0.2) is 87.1 Å². The summed E-state index contributed by atoms with van der Waals surface area (Å²) in [7, 11) is 1.31. The normalized spacial score (nSPS) is 24.9. The molecule has 2 aromatic carbocycles. The Hall–Kier alpha value is -5.16. The summed E-state index contributed by atoms with van der Waals surface area (Å²) >= 11 is 4.78. The fourth-order valence-corrected chi connectivity index (χ4v) is 14.5. The number of halogens is 5. The highest BCUT2D eigenvalue weighted by Crippen LogP contribution is 2.67. The quantitative estimate of drug-likeness (QED) is 0.0300. The van der Waals surface area contributed by atoms with Gasteiger partial charge < -0.3 is 34.0 Å². The Morgan fingerprint density at radius 1 is 0.805 bits per heavy atom. The van der Waals surface area contributed by atoms with E-state index in [4.69, 9.17) is 52.1 Å². The van der Waals surface area contributed by atoms with Crippen molar-refractivity contribution >= 4 is 112 Å². The summed E-state index contributed by atoms with van der Waals surface area (Å²) in [6, 6.07) is 16.4. The summed E-state index contributed by atoms with van der Waals surface area (Å²) in [5, 5.41) is 0.843. The fourth-order valence-electron chi connectivity index (χ4n) is 10.3. The number of methoxy groups -OCH3 is 2. The van der Waals surface area contributed by atoms with E-state index in [0.29, 0.717) is 58.2 Å². The van der Waals surface area contributed by atoms with Crippen LogP contribution in [0.1, 0.15) is 118 Å². The SMILES string of the molecule is C.C.COC[C@]12C[C@H]1[C@@](C)(c1cc(B3OC(C)(C)C(C)(C)O3)ccc1F)N=C(N(COCC[Si](C)(C)C)C(=O)OC(C)(C)C)S2.[C-]#[N+]c1ccc(/C(F)=C/I)nc1.[C-]#[N+]c1ccc(/C(F)=C/c2ccc(F)c([C@@]3(C)N=C(N)S[C@@]4(COC)C[C@H]43)c2)nc1. The summed E-state index contributed by atoms with van der Waals surface area (Å²) < 4.78 is 94.4. The van der Waals surface area contributed by atoms with Crippen molar-refractivity contribution in [2.45, 2.75) is 153 Å². The van der Waals surface area contributed by atoms with Crippen LogP contribution >= 0.6 is 46.1 Å². The highest BCUT2D eigenvalue weighted by molar-refractivity contribution is 14.1. The minimum Gasteiger partial charge on any atom is -0.443 e. The van der Waals surface area contributed by atoms with Crippen LogP contribution in [0, 0.1) is 36.6 Å². The van der Waals surface area contributed by atoms with Gasteiger partial charge in [0, 0.05) is 68.3 Å². The first kappa shape index (κ1) is 72.6. The van der Waals surface area contributed by atoms with E-state index in [1.165, 1.54) is 93.4 Å². The number of thioether (sulfide) groups is 2. The molecule has 1 saturated heterocycles. The van der Waals surface area contributed by atoms with Crippen molar-refractivity contribution in [2.75, 3.05) is 40.8 Å². The lowest BCUT2D eigenvalue weighted by molar-refractivity contribution is 0.00578. The molecule has 0 spiro atoms. The number of benzene rings is 2. The third-order valence-electron chi connectivity index (χ3n) is 15.7. The van der Waals surface area contributed by atoms with Crippen molar-refractivity contribution in [1.82, 2.24) is 14.9 Å². The summed E-state index contributed by atoms with van der Waals surface area (Å²) in [5.41, 5.74) is 5.62. The van der Waals surface area contributed by atoms with Gasteiger partial charge in [-0.25, -0.2) is 36.9 Å². The van der Waals surface area contributed by atoms with Crippen molar-refractivity contribution in [1.29, 1.82) is 0 Å². The minimum absolute atomic E-state index is 0. The molecule has 5 aliphatic rings. The molecule has 4 aromatic rings. The molecule has 2 aromatic heterocycles. The lowest BCUT2D eigenvalue weighted by Gasteiger charge is -2.38. The molecule has 0 unspecified atom stereocenters. The molecule has 470 valence electrons. The summed E-state index contributed by atoms with van der Waals surface area (Å²) in [5.74, 6) is -1.67. The van der Waals surface area contributed by atoms with Gasteiger partial charge in [-0.3, -0.25) is 20.0 Å². The van der Waals surface area contributed by atoms with Crippen LogP contribution in [-0.4, -0.2) is 114 Å². The number of rotatable bonds is 15. The zero-order valence-electron chi connectivity index (χ0n) is 50.5. The van der Waals surface area contributed by atoms with Crippen LogP contribution in [0.25, 0.3) is 27.4 Å². The summed E-state index contributed by atoms with van der Waals surface area (Å²) in [6.45, 7) is 39.2. The van der Waals surface area contributed by atoms with E-state index in [1.54, 1.807) is 48.9 Å². The number of pyridine rings is 2. The maximum Gasteiger partial charge on any atom is 0.494 e. The van der Waals surface area contributed by atoms with Crippen LogP contribution in [0.3, 0.4) is 0 Å². The van der Waals surface area contributed by atoms with Crippen LogP contribution < -0.4 is 11.2 Å². The third-order valence-corrected chi connectivity index (χ3v) is 20.7. The van der Waals surface area contributed by atoms with E-state index in [1.807, 2.05) is 68.4 Å². The molecule has 1 amide bonds. The molecule has 2 aliphatic carbocycles. The van der Waals surface area contributed by atoms with E-state index in [2.05, 4.69) is 44.3 Å². The number of aliphatic imine (C=N–C) groups is 2. The average Bonchev–Trinajstić information content (AvgIpc) is 1.63. The number of aromatic nitrogens is 2. The van der Waals surface area contributed by atoms with Gasteiger partial charge in [-0.1, -0.05) is 88.3 Å². The smallest absolute Gasteiger partial charge is 0.443 e. The fraction of sp³-hybridized carbons (Fsp3) is 0.508. The molecule has 9 rings (SSSR count). The Balaban J connectivity index is 0.000000271. The lowest BCUT2D eigenvalue weighted by Crippen LogP contribution is -2.46. The highest BCUT2D eigenvalue weighted by atomic mass is 127. The summed E-state index contributed by atoms with van der Waals surface area (Å²) in [6.07, 6.45) is 4.98. The maximum atomic E-state index is 15.8. The number of carbonyl (C=O) groups excluding carboxylic acids is 1. The average molecular weight is 1370 g/mol. The van der Waals surface area contributed by atoms with Crippen LogP contribution in [0.5, 0.6) is 0 Å². The van der Waals surface area contributed by atoms with Gasteiger partial charge in [0.1, 0.15) is 29.8 Å². The third kappa shape index (κ3) is 16.8. The molecule has 3 aliphatic heterocycles. The topological polar surface area (TPSA) is 161 Å². The van der Waals surface area contributed by atoms with Crippen LogP contribution in [-0.2, 0) is 39.3 Å². The van der Waals surface area contributed by atoms with E-state index in [-0.39, 0.29) is 65.9 Å². The molecular formula is C63H82BF4IN8O7S2Si. The van der Waals surface area contributed by atoms with Crippen LogP contribution in [0.2, 0.25) is 25.7 Å². The Morgan fingerprint density at radius 2 is 1.31 bits per heavy atom. The van der Waals surface area contributed by atoms with Crippen LogP contribution in [0.4, 0.5) is 33.7 Å². The molecule has 2 saturated carbocycles.